The van der Waals surface area contributed by atoms with Gasteiger partial charge >= 0.3 is 0 Å². The molecule has 0 atom stereocenters. The van der Waals surface area contributed by atoms with Crippen LogP contribution < -0.4 is 4.90 Å². The molecule has 0 N–H and O–H groups in total. The Labute approximate surface area is 178 Å². The summed E-state index contributed by atoms with van der Waals surface area (Å²) in [4.78, 5) is 15.5. The van der Waals surface area contributed by atoms with E-state index >= 15 is 0 Å². The molecule has 2 aromatic heterocycles. The minimum absolute atomic E-state index is 0.310. The van der Waals surface area contributed by atoms with Crippen molar-refractivity contribution < 1.29 is 8.42 Å². The van der Waals surface area contributed by atoms with Crippen molar-refractivity contribution >= 4 is 31.8 Å². The van der Waals surface area contributed by atoms with Crippen molar-refractivity contribution in [3.05, 3.63) is 58.8 Å². The smallest absolute Gasteiger partial charge is 0.243 e. The van der Waals surface area contributed by atoms with Crippen LogP contribution in [0.1, 0.15) is 11.4 Å². The van der Waals surface area contributed by atoms with Crippen molar-refractivity contribution in [3.63, 3.8) is 0 Å². The lowest BCUT2D eigenvalue weighted by atomic mass is 10.3. The monoisotopic (exact) mass is 476 g/mol. The number of piperazine rings is 1. The van der Waals surface area contributed by atoms with Crippen molar-refractivity contribution in [1.29, 1.82) is 0 Å². The van der Waals surface area contributed by atoms with Gasteiger partial charge in [0.15, 0.2) is 0 Å². The van der Waals surface area contributed by atoms with Crippen molar-refractivity contribution in [2.75, 3.05) is 31.1 Å². The van der Waals surface area contributed by atoms with E-state index in [1.807, 2.05) is 24.5 Å². The number of rotatable bonds is 4. The molecule has 8 nitrogen and oxygen atoms in total. The Balaban J connectivity index is 1.49. The van der Waals surface area contributed by atoms with Crippen molar-refractivity contribution in [2.24, 2.45) is 0 Å². The van der Waals surface area contributed by atoms with Crippen molar-refractivity contribution in [2.45, 2.75) is 18.7 Å². The predicted octanol–water partition coefficient (Wildman–Crippen LogP) is 2.55. The Morgan fingerprint density at radius 1 is 0.931 bits per heavy atom. The van der Waals surface area contributed by atoms with Gasteiger partial charge in [-0.3, -0.25) is 4.57 Å². The maximum atomic E-state index is 12.9. The molecule has 1 fully saturated rings. The number of anilines is 1. The van der Waals surface area contributed by atoms with E-state index in [1.165, 1.54) is 10.6 Å². The molecule has 0 spiro atoms. The molecule has 10 heteroatoms. The minimum atomic E-state index is -3.50. The van der Waals surface area contributed by atoms with E-state index in [4.69, 9.17) is 0 Å². The fourth-order valence-corrected chi connectivity index (χ4v) is 4.97. The van der Waals surface area contributed by atoms with Crippen LogP contribution in [-0.4, -0.2) is 58.4 Å². The zero-order chi connectivity index (χ0) is 20.6. The van der Waals surface area contributed by atoms with Gasteiger partial charge < -0.3 is 4.90 Å². The largest absolute Gasteiger partial charge is 0.354 e. The van der Waals surface area contributed by atoms with Gasteiger partial charge in [0.05, 0.1) is 10.6 Å². The van der Waals surface area contributed by atoms with Crippen LogP contribution in [0.3, 0.4) is 0 Å². The SMILES string of the molecule is Cc1ncn(-c2cc(N3CCN(S(=O)(=O)c4ccc(Br)cc4)CC3)ncn2)c1C. The molecule has 0 radical (unpaired) electrons. The van der Waals surface area contributed by atoms with Gasteiger partial charge in [-0.25, -0.2) is 23.4 Å². The standard InChI is InChI=1S/C19H21BrN6O2S/c1-14-15(2)26(13-23-14)19-11-18(21-12-22-19)24-7-9-25(10-8-24)29(27,28)17-5-3-16(20)4-6-17/h3-6,11-13H,7-10H2,1-2H3. The molecule has 4 rings (SSSR count). The van der Waals surface area contributed by atoms with Gasteiger partial charge in [-0.15, -0.1) is 0 Å². The molecular formula is C19H21BrN6O2S. The zero-order valence-electron chi connectivity index (χ0n) is 16.2. The summed E-state index contributed by atoms with van der Waals surface area (Å²) in [6.07, 6.45) is 3.28. The lowest BCUT2D eigenvalue weighted by Crippen LogP contribution is -2.48. The number of aryl methyl sites for hydroxylation is 1. The summed E-state index contributed by atoms with van der Waals surface area (Å²) in [5.74, 6) is 1.53. The van der Waals surface area contributed by atoms with Gasteiger partial charge in [0, 0.05) is 42.4 Å². The highest BCUT2D eigenvalue weighted by atomic mass is 79.9. The second kappa shape index (κ2) is 7.85. The lowest BCUT2D eigenvalue weighted by Gasteiger charge is -2.34. The zero-order valence-corrected chi connectivity index (χ0v) is 18.6. The lowest BCUT2D eigenvalue weighted by molar-refractivity contribution is 0.383. The highest BCUT2D eigenvalue weighted by molar-refractivity contribution is 9.10. The second-order valence-corrected chi connectivity index (χ2v) is 9.72. The molecule has 1 saturated heterocycles. The van der Waals surface area contributed by atoms with Crippen LogP contribution in [0, 0.1) is 13.8 Å². The van der Waals surface area contributed by atoms with Crippen LogP contribution in [-0.2, 0) is 10.0 Å². The van der Waals surface area contributed by atoms with Gasteiger partial charge in [0.2, 0.25) is 10.0 Å². The molecule has 1 aromatic carbocycles. The average Bonchev–Trinajstić information content (AvgIpc) is 3.07. The van der Waals surface area contributed by atoms with Crippen molar-refractivity contribution in [1.82, 2.24) is 23.8 Å². The van der Waals surface area contributed by atoms with E-state index in [2.05, 4.69) is 35.8 Å². The summed E-state index contributed by atoms with van der Waals surface area (Å²) in [5, 5.41) is 0. The molecule has 0 amide bonds. The summed E-state index contributed by atoms with van der Waals surface area (Å²) in [6.45, 7) is 5.89. The number of hydrogen-bond acceptors (Lipinski definition) is 6. The van der Waals surface area contributed by atoms with E-state index in [0.29, 0.717) is 31.1 Å². The number of sulfonamides is 1. The normalized spacial score (nSPS) is 15.6. The van der Waals surface area contributed by atoms with Gasteiger partial charge in [0.1, 0.15) is 24.3 Å². The van der Waals surface area contributed by atoms with Gasteiger partial charge in [0.25, 0.3) is 0 Å². The third-order valence-corrected chi connectivity index (χ3v) is 7.59. The molecule has 29 heavy (non-hydrogen) atoms. The molecule has 0 aliphatic carbocycles. The van der Waals surface area contributed by atoms with Crippen LogP contribution >= 0.6 is 15.9 Å². The van der Waals surface area contributed by atoms with E-state index in [9.17, 15) is 8.42 Å². The van der Waals surface area contributed by atoms with Crippen LogP contribution in [0.5, 0.6) is 0 Å². The second-order valence-electron chi connectivity index (χ2n) is 6.86. The summed E-state index contributed by atoms with van der Waals surface area (Å²) in [6, 6.07) is 8.64. The van der Waals surface area contributed by atoms with E-state index < -0.39 is 10.0 Å². The molecule has 1 aliphatic heterocycles. The summed E-state index contributed by atoms with van der Waals surface area (Å²) < 4.78 is 30.1. The molecule has 0 bridgehead atoms. The minimum Gasteiger partial charge on any atom is -0.354 e. The Morgan fingerprint density at radius 3 is 2.21 bits per heavy atom. The number of hydrogen-bond donors (Lipinski definition) is 0. The topological polar surface area (TPSA) is 84.2 Å². The van der Waals surface area contributed by atoms with Crippen LogP contribution in [0.2, 0.25) is 0 Å². The maximum absolute atomic E-state index is 12.9. The molecule has 0 saturated carbocycles. The van der Waals surface area contributed by atoms with Crippen LogP contribution in [0.25, 0.3) is 5.82 Å². The highest BCUT2D eigenvalue weighted by Crippen LogP contribution is 2.22. The average molecular weight is 477 g/mol. The molecular weight excluding hydrogens is 456 g/mol. The van der Waals surface area contributed by atoms with Gasteiger partial charge in [-0.05, 0) is 38.1 Å². The molecule has 1 aliphatic rings. The Hall–Kier alpha value is -2.30. The van der Waals surface area contributed by atoms with Crippen LogP contribution in [0.15, 0.2) is 52.4 Å². The highest BCUT2D eigenvalue weighted by Gasteiger charge is 2.29. The summed E-state index contributed by atoms with van der Waals surface area (Å²) in [7, 11) is -3.50. The quantitative estimate of drug-likeness (QED) is 0.575. The fourth-order valence-electron chi connectivity index (χ4n) is 3.28. The van der Waals surface area contributed by atoms with Crippen molar-refractivity contribution in [3.8, 4) is 5.82 Å². The van der Waals surface area contributed by atoms with Gasteiger partial charge in [-0.2, -0.15) is 4.31 Å². The molecule has 3 heterocycles. The Kier molecular flexibility index (Phi) is 5.41. The van der Waals surface area contributed by atoms with Crippen LogP contribution in [0.4, 0.5) is 5.82 Å². The summed E-state index contributed by atoms with van der Waals surface area (Å²) >= 11 is 3.34. The number of halogens is 1. The molecule has 3 aromatic rings. The first-order valence-corrected chi connectivity index (χ1v) is 11.4. The third-order valence-electron chi connectivity index (χ3n) is 5.15. The predicted molar refractivity (Wildman–Crippen MR) is 114 cm³/mol. The van der Waals surface area contributed by atoms with E-state index in [0.717, 1.165) is 27.5 Å². The maximum Gasteiger partial charge on any atom is 0.243 e. The first-order valence-electron chi connectivity index (χ1n) is 9.20. The Morgan fingerprint density at radius 2 is 1.59 bits per heavy atom. The van der Waals surface area contributed by atoms with E-state index in [1.54, 1.807) is 30.6 Å². The summed E-state index contributed by atoms with van der Waals surface area (Å²) in [5.41, 5.74) is 1.98. The number of imidazole rings is 1. The Bertz CT molecular complexity index is 1120. The number of benzene rings is 1. The van der Waals surface area contributed by atoms with Gasteiger partial charge in [-0.1, -0.05) is 15.9 Å². The number of nitrogens with zero attached hydrogens (tertiary/aromatic N) is 6. The first kappa shape index (κ1) is 20.0. The third kappa shape index (κ3) is 3.92. The first-order chi connectivity index (χ1) is 13.9. The van der Waals surface area contributed by atoms with E-state index in [-0.39, 0.29) is 0 Å². The fraction of sp³-hybridized carbons (Fsp3) is 0.316. The molecule has 0 unspecified atom stereocenters. The number of aromatic nitrogens is 4. The molecule has 152 valence electrons.